The van der Waals surface area contributed by atoms with E-state index < -0.39 is 0 Å². The van der Waals surface area contributed by atoms with Gasteiger partial charge < -0.3 is 9.88 Å². The summed E-state index contributed by atoms with van der Waals surface area (Å²) in [5.41, 5.74) is 4.07. The monoisotopic (exact) mass is 379 g/mol. The van der Waals surface area contributed by atoms with Gasteiger partial charge in [-0.25, -0.2) is 0 Å². The molecule has 3 aliphatic rings. The molecule has 148 valence electrons. The number of hydrogen-bond donors (Lipinski definition) is 1. The second kappa shape index (κ2) is 6.99. The zero-order chi connectivity index (χ0) is 19.3. The number of likely N-dealkylation sites (tertiary alicyclic amines) is 1. The fourth-order valence-corrected chi connectivity index (χ4v) is 5.14. The normalized spacial score (nSPS) is 24.5. The lowest BCUT2D eigenvalue weighted by Crippen LogP contribution is -2.41. The van der Waals surface area contributed by atoms with Crippen molar-refractivity contribution in [2.75, 3.05) is 13.1 Å². The molecule has 2 aromatic rings. The van der Waals surface area contributed by atoms with E-state index in [4.69, 9.17) is 0 Å². The van der Waals surface area contributed by atoms with E-state index in [9.17, 15) is 4.79 Å². The van der Waals surface area contributed by atoms with Crippen molar-refractivity contribution < 1.29 is 4.79 Å². The average molecular weight is 380 g/mol. The van der Waals surface area contributed by atoms with Gasteiger partial charge in [0.1, 0.15) is 5.82 Å². The second-order valence-electron chi connectivity index (χ2n) is 9.07. The van der Waals surface area contributed by atoms with Crippen LogP contribution in [0, 0.1) is 25.7 Å². The minimum atomic E-state index is -0.0491. The zero-order valence-electron chi connectivity index (χ0n) is 16.8. The molecule has 2 fully saturated rings. The standard InChI is InChI=1S/C22H29N5O/c1-14-6-15(2)8-16(7-14)10-26-11-17-9-20-24-25-21(27(20)13-18(17)12-26)22(28)23-19-4-3-5-19/h6-8,17-19H,3-5,9-13H2,1-2H3,(H,23,28)/t17-,18-/m1/s1. The molecular formula is C22H29N5O. The van der Waals surface area contributed by atoms with Crippen molar-refractivity contribution in [2.45, 2.75) is 58.7 Å². The van der Waals surface area contributed by atoms with Gasteiger partial charge in [0.05, 0.1) is 0 Å². The molecule has 2 aliphatic heterocycles. The Balaban J connectivity index is 1.27. The van der Waals surface area contributed by atoms with Gasteiger partial charge >= 0.3 is 0 Å². The minimum Gasteiger partial charge on any atom is -0.347 e. The predicted molar refractivity (Wildman–Crippen MR) is 107 cm³/mol. The van der Waals surface area contributed by atoms with Crippen LogP contribution in [0.1, 0.15) is 52.4 Å². The first-order valence-corrected chi connectivity index (χ1v) is 10.6. The van der Waals surface area contributed by atoms with E-state index in [1.165, 1.54) is 23.1 Å². The van der Waals surface area contributed by atoms with Crippen LogP contribution in [-0.4, -0.2) is 44.7 Å². The number of aryl methyl sites for hydroxylation is 2. The topological polar surface area (TPSA) is 63.1 Å². The van der Waals surface area contributed by atoms with E-state index in [0.29, 0.717) is 23.7 Å². The Morgan fingerprint density at radius 1 is 1.07 bits per heavy atom. The van der Waals surface area contributed by atoms with Crippen LogP contribution in [0.4, 0.5) is 0 Å². The van der Waals surface area contributed by atoms with Gasteiger partial charge in [-0.2, -0.15) is 0 Å². The van der Waals surface area contributed by atoms with Crippen LogP contribution in [-0.2, 0) is 19.5 Å². The van der Waals surface area contributed by atoms with Gasteiger partial charge in [-0.05, 0) is 50.5 Å². The number of fused-ring (bicyclic) bond motifs is 2. The third-order valence-corrected chi connectivity index (χ3v) is 6.67. The highest BCUT2D eigenvalue weighted by Gasteiger charge is 2.39. The highest BCUT2D eigenvalue weighted by molar-refractivity contribution is 5.91. The van der Waals surface area contributed by atoms with Gasteiger partial charge in [-0.1, -0.05) is 29.3 Å². The Morgan fingerprint density at radius 3 is 2.54 bits per heavy atom. The molecule has 1 saturated carbocycles. The summed E-state index contributed by atoms with van der Waals surface area (Å²) >= 11 is 0. The molecular weight excluding hydrogens is 350 g/mol. The first-order valence-electron chi connectivity index (χ1n) is 10.6. The number of hydrogen-bond acceptors (Lipinski definition) is 4. The fraction of sp³-hybridized carbons (Fsp3) is 0.591. The smallest absolute Gasteiger partial charge is 0.289 e. The van der Waals surface area contributed by atoms with Crippen molar-refractivity contribution >= 4 is 5.91 Å². The van der Waals surface area contributed by atoms with Crippen LogP contribution in [0.25, 0.3) is 0 Å². The van der Waals surface area contributed by atoms with Crippen LogP contribution in [0.5, 0.6) is 0 Å². The number of carbonyl (C=O) groups is 1. The van der Waals surface area contributed by atoms with Crippen molar-refractivity contribution in [3.05, 3.63) is 46.5 Å². The number of carbonyl (C=O) groups excluding carboxylic acids is 1. The summed E-state index contributed by atoms with van der Waals surface area (Å²) in [5.74, 6) is 2.63. The first kappa shape index (κ1) is 17.9. The largest absolute Gasteiger partial charge is 0.347 e. The van der Waals surface area contributed by atoms with Gasteiger partial charge in [0.25, 0.3) is 5.91 Å². The molecule has 1 aromatic carbocycles. The Kier molecular flexibility index (Phi) is 4.46. The third kappa shape index (κ3) is 3.34. The van der Waals surface area contributed by atoms with Crippen LogP contribution >= 0.6 is 0 Å². The van der Waals surface area contributed by atoms with Crippen LogP contribution < -0.4 is 5.32 Å². The molecule has 1 saturated heterocycles. The lowest BCUT2D eigenvalue weighted by Gasteiger charge is -2.28. The summed E-state index contributed by atoms with van der Waals surface area (Å²) in [6, 6.07) is 7.16. The van der Waals surface area contributed by atoms with Crippen LogP contribution in [0.15, 0.2) is 18.2 Å². The molecule has 0 unspecified atom stereocenters. The highest BCUT2D eigenvalue weighted by atomic mass is 16.2. The third-order valence-electron chi connectivity index (χ3n) is 6.67. The summed E-state index contributed by atoms with van der Waals surface area (Å²) in [7, 11) is 0. The molecule has 0 bridgehead atoms. The minimum absolute atomic E-state index is 0.0491. The number of amides is 1. The van der Waals surface area contributed by atoms with E-state index in [1.807, 2.05) is 0 Å². The van der Waals surface area contributed by atoms with Gasteiger partial charge in [0.15, 0.2) is 0 Å². The van der Waals surface area contributed by atoms with E-state index >= 15 is 0 Å². The Morgan fingerprint density at radius 2 is 1.82 bits per heavy atom. The zero-order valence-corrected chi connectivity index (χ0v) is 16.8. The molecule has 5 rings (SSSR count). The van der Waals surface area contributed by atoms with E-state index in [2.05, 4.69) is 57.0 Å². The predicted octanol–water partition coefficient (Wildman–Crippen LogP) is 2.48. The maximum Gasteiger partial charge on any atom is 0.289 e. The molecule has 1 aliphatic carbocycles. The molecule has 2 atom stereocenters. The molecule has 28 heavy (non-hydrogen) atoms. The van der Waals surface area contributed by atoms with Gasteiger partial charge in [0.2, 0.25) is 5.82 Å². The fourth-order valence-electron chi connectivity index (χ4n) is 5.14. The van der Waals surface area contributed by atoms with E-state index in [-0.39, 0.29) is 5.91 Å². The molecule has 0 spiro atoms. The Bertz CT molecular complexity index is 880. The molecule has 1 amide bonds. The second-order valence-corrected chi connectivity index (χ2v) is 9.07. The Hall–Kier alpha value is -2.21. The summed E-state index contributed by atoms with van der Waals surface area (Å²) in [5, 5.41) is 11.7. The molecule has 0 radical (unpaired) electrons. The van der Waals surface area contributed by atoms with Gasteiger partial charge in [-0.15, -0.1) is 10.2 Å². The summed E-state index contributed by atoms with van der Waals surface area (Å²) in [6.07, 6.45) is 4.32. The molecule has 3 heterocycles. The summed E-state index contributed by atoms with van der Waals surface area (Å²) in [4.78, 5) is 15.2. The quantitative estimate of drug-likeness (QED) is 0.887. The molecule has 1 aromatic heterocycles. The molecule has 6 heteroatoms. The van der Waals surface area contributed by atoms with Gasteiger partial charge in [-0.3, -0.25) is 9.69 Å². The highest BCUT2D eigenvalue weighted by Crippen LogP contribution is 2.33. The first-order chi connectivity index (χ1) is 13.5. The van der Waals surface area contributed by atoms with Crippen molar-refractivity contribution in [1.29, 1.82) is 0 Å². The summed E-state index contributed by atoms with van der Waals surface area (Å²) < 4.78 is 2.08. The lowest BCUT2D eigenvalue weighted by molar-refractivity contribution is 0.0898. The number of benzene rings is 1. The number of nitrogens with one attached hydrogen (secondary N) is 1. The maximum absolute atomic E-state index is 12.6. The lowest BCUT2D eigenvalue weighted by atomic mass is 9.89. The van der Waals surface area contributed by atoms with E-state index in [0.717, 1.165) is 51.3 Å². The molecule has 6 nitrogen and oxygen atoms in total. The van der Waals surface area contributed by atoms with Crippen LogP contribution in [0.3, 0.4) is 0 Å². The van der Waals surface area contributed by atoms with Crippen molar-refractivity contribution in [1.82, 2.24) is 25.0 Å². The van der Waals surface area contributed by atoms with Crippen LogP contribution in [0.2, 0.25) is 0 Å². The van der Waals surface area contributed by atoms with Crippen molar-refractivity contribution in [3.63, 3.8) is 0 Å². The van der Waals surface area contributed by atoms with Gasteiger partial charge in [0, 0.05) is 38.6 Å². The van der Waals surface area contributed by atoms with Crippen molar-refractivity contribution in [2.24, 2.45) is 11.8 Å². The Labute approximate surface area is 166 Å². The number of rotatable bonds is 4. The molecule has 1 N–H and O–H groups in total. The average Bonchev–Trinajstić information content (AvgIpc) is 3.17. The maximum atomic E-state index is 12.6. The summed E-state index contributed by atoms with van der Waals surface area (Å²) in [6.45, 7) is 8.40. The number of nitrogens with zero attached hydrogens (tertiary/aromatic N) is 4. The van der Waals surface area contributed by atoms with E-state index in [1.54, 1.807) is 0 Å². The SMILES string of the molecule is Cc1cc(C)cc(CN2C[C@H]3Cc4nnc(C(=O)NC5CCC5)n4C[C@H]3C2)c1. The number of aromatic nitrogens is 3. The van der Waals surface area contributed by atoms with Crippen molar-refractivity contribution in [3.8, 4) is 0 Å².